The Morgan fingerprint density at radius 3 is 2.40 bits per heavy atom. The average Bonchev–Trinajstić information content (AvgIpc) is 3.24. The van der Waals surface area contributed by atoms with E-state index in [9.17, 15) is 24.6 Å². The molecule has 2 atom stereocenters. The average molecular weight is 566 g/mol. The third-order valence-electron chi connectivity index (χ3n) is 6.96. The predicted octanol–water partition coefficient (Wildman–Crippen LogP) is 4.44. The standard InChI is InChI=1S/C32H31N5O5/c1-18(2)29(30(40)28-19(3)31(41)37-32(28)42)36-27(39)15-25(23-10-9-22-12-13-34-17-24(22)14-23)35-26(38)11-8-20-4-6-21(16-33)7-5-20/h4-14,17-18,25,29,37,41-42H,15H2,1-3H3,(H,35,38)(H,36,39)/t25?,29-/m0/s1. The van der Waals surface area contributed by atoms with E-state index >= 15 is 0 Å². The molecule has 214 valence electrons. The van der Waals surface area contributed by atoms with Gasteiger partial charge in [-0.15, -0.1) is 0 Å². The van der Waals surface area contributed by atoms with Gasteiger partial charge in [-0.25, -0.2) is 0 Å². The first-order valence-electron chi connectivity index (χ1n) is 13.3. The maximum absolute atomic E-state index is 13.3. The number of H-pyrrole nitrogens is 1. The van der Waals surface area contributed by atoms with Gasteiger partial charge in [-0.3, -0.25) is 24.4 Å². The minimum atomic E-state index is -0.995. The number of Topliss-reactive ketones (excluding diaryl/α,β-unsaturated/α-hetero) is 1. The van der Waals surface area contributed by atoms with E-state index in [0.29, 0.717) is 11.1 Å². The summed E-state index contributed by atoms with van der Waals surface area (Å²) in [6.45, 7) is 5.00. The fourth-order valence-corrected chi connectivity index (χ4v) is 4.61. The molecule has 4 aromatic rings. The van der Waals surface area contributed by atoms with Crippen LogP contribution in [0.5, 0.6) is 11.8 Å². The Labute approximate surface area is 242 Å². The molecule has 2 amide bonds. The SMILES string of the molecule is Cc1c(O)[nH]c(O)c1C(=O)[C@@H](NC(=O)CC(NC(=O)C=Cc1ccc(C#N)cc1)c1ccc2ccncc2c1)C(C)C. The number of hydrogen-bond acceptors (Lipinski definition) is 7. The lowest BCUT2D eigenvalue weighted by atomic mass is 9.93. The highest BCUT2D eigenvalue weighted by atomic mass is 16.3. The summed E-state index contributed by atoms with van der Waals surface area (Å²) in [5.74, 6) is -2.62. The van der Waals surface area contributed by atoms with Crippen LogP contribution >= 0.6 is 0 Å². The Morgan fingerprint density at radius 1 is 1.02 bits per heavy atom. The number of amides is 2. The van der Waals surface area contributed by atoms with Crippen LogP contribution in [0.1, 0.15) is 58.9 Å². The monoisotopic (exact) mass is 565 g/mol. The summed E-state index contributed by atoms with van der Waals surface area (Å²) in [4.78, 5) is 46.1. The van der Waals surface area contributed by atoms with Crippen molar-refractivity contribution in [3.8, 4) is 17.8 Å². The Balaban J connectivity index is 1.56. The Hall–Kier alpha value is -5.43. The number of nitriles is 1. The van der Waals surface area contributed by atoms with Crippen LogP contribution in [0.3, 0.4) is 0 Å². The molecule has 10 heteroatoms. The molecule has 2 heterocycles. The van der Waals surface area contributed by atoms with Gasteiger partial charge in [0.05, 0.1) is 35.7 Å². The number of aromatic nitrogens is 2. The molecular weight excluding hydrogens is 534 g/mol. The van der Waals surface area contributed by atoms with Crippen molar-refractivity contribution in [2.45, 2.75) is 39.3 Å². The van der Waals surface area contributed by atoms with Gasteiger partial charge >= 0.3 is 0 Å². The van der Waals surface area contributed by atoms with Gasteiger partial charge in [-0.1, -0.05) is 38.1 Å². The Bertz CT molecular complexity index is 1700. The van der Waals surface area contributed by atoms with Gasteiger partial charge in [0.25, 0.3) is 0 Å². The fourth-order valence-electron chi connectivity index (χ4n) is 4.61. The number of rotatable bonds is 10. The van der Waals surface area contributed by atoms with Crippen LogP contribution in [0.4, 0.5) is 0 Å². The molecule has 2 aromatic carbocycles. The molecule has 4 rings (SSSR count). The van der Waals surface area contributed by atoms with Gasteiger partial charge in [0.1, 0.15) is 0 Å². The fraction of sp³-hybridized carbons (Fsp3) is 0.219. The van der Waals surface area contributed by atoms with Crippen molar-refractivity contribution in [2.75, 3.05) is 0 Å². The first kappa shape index (κ1) is 29.6. The number of hydrogen-bond donors (Lipinski definition) is 5. The molecule has 1 unspecified atom stereocenters. The molecule has 0 bridgehead atoms. The summed E-state index contributed by atoms with van der Waals surface area (Å²) in [7, 11) is 0. The number of pyridine rings is 1. The van der Waals surface area contributed by atoms with Crippen LogP contribution in [-0.4, -0.2) is 43.8 Å². The second-order valence-corrected chi connectivity index (χ2v) is 10.3. The van der Waals surface area contributed by atoms with E-state index in [0.717, 1.165) is 16.3 Å². The zero-order valence-corrected chi connectivity index (χ0v) is 23.4. The van der Waals surface area contributed by atoms with Crippen LogP contribution in [0.25, 0.3) is 16.8 Å². The van der Waals surface area contributed by atoms with E-state index < -0.39 is 35.6 Å². The van der Waals surface area contributed by atoms with Crippen LogP contribution in [0.2, 0.25) is 0 Å². The van der Waals surface area contributed by atoms with E-state index in [-0.39, 0.29) is 29.3 Å². The van der Waals surface area contributed by atoms with Gasteiger partial charge < -0.3 is 20.8 Å². The molecule has 0 aliphatic heterocycles. The summed E-state index contributed by atoms with van der Waals surface area (Å²) < 4.78 is 0. The minimum absolute atomic E-state index is 0.0914. The Morgan fingerprint density at radius 2 is 1.76 bits per heavy atom. The van der Waals surface area contributed by atoms with Gasteiger partial charge in [-0.05, 0) is 59.7 Å². The second kappa shape index (κ2) is 12.8. The predicted molar refractivity (Wildman–Crippen MR) is 157 cm³/mol. The van der Waals surface area contributed by atoms with Crippen molar-refractivity contribution in [2.24, 2.45) is 5.92 Å². The van der Waals surface area contributed by atoms with Crippen LogP contribution in [-0.2, 0) is 9.59 Å². The summed E-state index contributed by atoms with van der Waals surface area (Å²) in [6.07, 6.45) is 6.14. The minimum Gasteiger partial charge on any atom is -0.494 e. The largest absolute Gasteiger partial charge is 0.494 e. The lowest BCUT2D eigenvalue weighted by molar-refractivity contribution is -0.123. The highest BCUT2D eigenvalue weighted by Crippen LogP contribution is 2.30. The van der Waals surface area contributed by atoms with Gasteiger partial charge in [0, 0.05) is 29.4 Å². The molecule has 0 radical (unpaired) electrons. The highest BCUT2D eigenvalue weighted by Gasteiger charge is 2.31. The van der Waals surface area contributed by atoms with Crippen LogP contribution < -0.4 is 10.6 Å². The molecule has 0 saturated heterocycles. The molecule has 10 nitrogen and oxygen atoms in total. The summed E-state index contributed by atoms with van der Waals surface area (Å²) in [5.41, 5.74) is 1.99. The number of nitrogens with one attached hydrogen (secondary N) is 3. The third kappa shape index (κ3) is 6.82. The zero-order valence-electron chi connectivity index (χ0n) is 23.4. The molecule has 0 spiro atoms. The van der Waals surface area contributed by atoms with Crippen molar-refractivity contribution < 1.29 is 24.6 Å². The maximum Gasteiger partial charge on any atom is 0.244 e. The highest BCUT2D eigenvalue weighted by molar-refractivity contribution is 6.05. The maximum atomic E-state index is 13.3. The third-order valence-corrected chi connectivity index (χ3v) is 6.96. The van der Waals surface area contributed by atoms with Gasteiger partial charge in [-0.2, -0.15) is 5.26 Å². The van der Waals surface area contributed by atoms with Crippen molar-refractivity contribution >= 4 is 34.4 Å². The summed E-state index contributed by atoms with van der Waals surface area (Å²) >= 11 is 0. The lowest BCUT2D eigenvalue weighted by Crippen LogP contribution is -2.45. The molecule has 0 fully saturated rings. The zero-order chi connectivity index (χ0) is 30.4. The molecule has 0 saturated carbocycles. The van der Waals surface area contributed by atoms with Crippen molar-refractivity contribution in [3.05, 3.63) is 94.8 Å². The van der Waals surface area contributed by atoms with E-state index in [4.69, 9.17) is 5.26 Å². The first-order valence-corrected chi connectivity index (χ1v) is 13.3. The van der Waals surface area contributed by atoms with Crippen LogP contribution in [0.15, 0.2) is 67.0 Å². The number of fused-ring (bicyclic) bond motifs is 1. The normalized spacial score (nSPS) is 12.6. The molecular formula is C32H31N5O5. The number of nitrogens with zero attached hydrogens (tertiary/aromatic N) is 2. The number of carbonyl (C=O) groups excluding carboxylic acids is 3. The lowest BCUT2D eigenvalue weighted by Gasteiger charge is -2.24. The quantitative estimate of drug-likeness (QED) is 0.140. The van der Waals surface area contributed by atoms with Gasteiger partial charge in [0.2, 0.25) is 17.7 Å². The van der Waals surface area contributed by atoms with Gasteiger partial charge in [0.15, 0.2) is 11.7 Å². The second-order valence-electron chi connectivity index (χ2n) is 10.3. The molecule has 5 N–H and O–H groups in total. The van der Waals surface area contributed by atoms with E-state index in [1.54, 1.807) is 56.6 Å². The van der Waals surface area contributed by atoms with Crippen molar-refractivity contribution in [1.82, 2.24) is 20.6 Å². The smallest absolute Gasteiger partial charge is 0.244 e. The summed E-state index contributed by atoms with van der Waals surface area (Å²) in [5, 5.41) is 36.5. The number of carbonyl (C=O) groups is 3. The first-order chi connectivity index (χ1) is 20.1. The molecule has 0 aliphatic rings. The van der Waals surface area contributed by atoms with E-state index in [2.05, 4.69) is 20.6 Å². The van der Waals surface area contributed by atoms with E-state index in [1.807, 2.05) is 30.3 Å². The molecule has 2 aromatic heterocycles. The van der Waals surface area contributed by atoms with Crippen molar-refractivity contribution in [1.29, 1.82) is 5.26 Å². The summed E-state index contributed by atoms with van der Waals surface area (Å²) in [6, 6.07) is 14.4. The molecule has 0 aliphatic carbocycles. The molecule has 42 heavy (non-hydrogen) atoms. The number of aromatic amines is 1. The number of benzene rings is 2. The number of aromatic hydroxyl groups is 2. The van der Waals surface area contributed by atoms with E-state index in [1.165, 1.54) is 13.0 Å². The Kier molecular flexibility index (Phi) is 9.02. The van der Waals surface area contributed by atoms with Crippen LogP contribution in [0, 0.1) is 24.2 Å². The topological polar surface area (TPSA) is 168 Å². The number of ketones is 1. The van der Waals surface area contributed by atoms with Crippen molar-refractivity contribution in [3.63, 3.8) is 0 Å².